The van der Waals surface area contributed by atoms with E-state index in [1.54, 1.807) is 48.5 Å². The molecule has 3 aromatic rings. The minimum atomic E-state index is -3.75. The SMILES string of the molecule is Cc1cc(C)cc(NS(=O)(=O)c2ccc(NC(=S)NC(=O)c3ccc(OCC(C)C)cc3)cc2)c1. The third-order valence-electron chi connectivity index (χ3n) is 4.82. The first-order valence-electron chi connectivity index (χ1n) is 11.1. The summed E-state index contributed by atoms with van der Waals surface area (Å²) in [5.41, 5.74) is 3.41. The molecule has 0 unspecified atom stereocenters. The van der Waals surface area contributed by atoms with Crippen molar-refractivity contribution in [1.82, 2.24) is 5.32 Å². The summed E-state index contributed by atoms with van der Waals surface area (Å²) in [5.74, 6) is 0.733. The van der Waals surface area contributed by atoms with Crippen LogP contribution in [0.4, 0.5) is 11.4 Å². The van der Waals surface area contributed by atoms with E-state index >= 15 is 0 Å². The lowest BCUT2D eigenvalue weighted by atomic mass is 10.1. The van der Waals surface area contributed by atoms with Crippen LogP contribution in [0.5, 0.6) is 5.75 Å². The lowest BCUT2D eigenvalue weighted by Gasteiger charge is -2.12. The highest BCUT2D eigenvalue weighted by Crippen LogP contribution is 2.20. The van der Waals surface area contributed by atoms with Gasteiger partial charge in [0.2, 0.25) is 0 Å². The van der Waals surface area contributed by atoms with E-state index in [0.717, 1.165) is 11.1 Å². The first kappa shape index (κ1) is 26.2. The number of nitrogens with one attached hydrogen (secondary N) is 3. The summed E-state index contributed by atoms with van der Waals surface area (Å²) < 4.78 is 33.7. The molecule has 7 nitrogen and oxygen atoms in total. The zero-order valence-corrected chi connectivity index (χ0v) is 21.7. The quantitative estimate of drug-likeness (QED) is 0.357. The summed E-state index contributed by atoms with van der Waals surface area (Å²) in [4.78, 5) is 12.6. The number of thiocarbonyl (C=S) groups is 1. The second-order valence-corrected chi connectivity index (χ2v) is 10.7. The Morgan fingerprint density at radius 1 is 0.914 bits per heavy atom. The molecular formula is C26H29N3O4S2. The summed E-state index contributed by atoms with van der Waals surface area (Å²) in [6, 6.07) is 18.4. The Hall–Kier alpha value is -3.43. The van der Waals surface area contributed by atoms with Gasteiger partial charge in [0.05, 0.1) is 11.5 Å². The maximum atomic E-state index is 12.7. The lowest BCUT2D eigenvalue weighted by Crippen LogP contribution is -2.34. The zero-order chi connectivity index (χ0) is 25.6. The lowest BCUT2D eigenvalue weighted by molar-refractivity contribution is 0.0977. The van der Waals surface area contributed by atoms with Gasteiger partial charge in [0.1, 0.15) is 5.75 Å². The Labute approximate surface area is 212 Å². The number of sulfonamides is 1. The topological polar surface area (TPSA) is 96.5 Å². The third-order valence-corrected chi connectivity index (χ3v) is 6.42. The number of hydrogen-bond acceptors (Lipinski definition) is 5. The number of benzene rings is 3. The molecule has 0 aliphatic carbocycles. The van der Waals surface area contributed by atoms with Gasteiger partial charge in [-0.3, -0.25) is 14.8 Å². The second kappa shape index (κ2) is 11.3. The number of ether oxygens (including phenoxy) is 1. The fourth-order valence-corrected chi connectivity index (χ4v) is 4.52. The van der Waals surface area contributed by atoms with Crippen molar-refractivity contribution in [3.8, 4) is 5.75 Å². The molecule has 0 bridgehead atoms. The summed E-state index contributed by atoms with van der Waals surface area (Å²) in [6.07, 6.45) is 0. The Kier molecular flexibility index (Phi) is 8.48. The van der Waals surface area contributed by atoms with Crippen LogP contribution in [0, 0.1) is 19.8 Å². The van der Waals surface area contributed by atoms with E-state index in [1.165, 1.54) is 12.1 Å². The van der Waals surface area contributed by atoms with Crippen LogP contribution in [0.1, 0.15) is 35.3 Å². The van der Waals surface area contributed by atoms with Gasteiger partial charge in [0.15, 0.2) is 5.11 Å². The van der Waals surface area contributed by atoms with Crippen LogP contribution < -0.4 is 20.1 Å². The monoisotopic (exact) mass is 511 g/mol. The van der Waals surface area contributed by atoms with E-state index in [4.69, 9.17) is 17.0 Å². The number of anilines is 2. The molecule has 9 heteroatoms. The van der Waals surface area contributed by atoms with Crippen molar-refractivity contribution >= 4 is 44.6 Å². The molecule has 0 heterocycles. The summed E-state index contributed by atoms with van der Waals surface area (Å²) >= 11 is 5.23. The number of carbonyl (C=O) groups excluding carboxylic acids is 1. The molecule has 3 N–H and O–H groups in total. The van der Waals surface area contributed by atoms with Crippen LogP contribution in [0.2, 0.25) is 0 Å². The van der Waals surface area contributed by atoms with Gasteiger partial charge < -0.3 is 10.1 Å². The van der Waals surface area contributed by atoms with Crippen LogP contribution in [0.15, 0.2) is 71.6 Å². The molecule has 0 aliphatic rings. The van der Waals surface area contributed by atoms with Gasteiger partial charge in [-0.15, -0.1) is 0 Å². The third kappa shape index (κ3) is 7.80. The van der Waals surface area contributed by atoms with Gasteiger partial charge in [-0.25, -0.2) is 8.42 Å². The zero-order valence-electron chi connectivity index (χ0n) is 20.1. The smallest absolute Gasteiger partial charge is 0.261 e. The Morgan fingerprint density at radius 3 is 2.09 bits per heavy atom. The van der Waals surface area contributed by atoms with Crippen molar-refractivity contribution in [3.63, 3.8) is 0 Å². The highest BCUT2D eigenvalue weighted by Gasteiger charge is 2.15. The molecule has 0 radical (unpaired) electrons. The molecule has 0 saturated carbocycles. The van der Waals surface area contributed by atoms with E-state index in [-0.39, 0.29) is 15.9 Å². The highest BCUT2D eigenvalue weighted by molar-refractivity contribution is 7.92. The fraction of sp³-hybridized carbons (Fsp3) is 0.231. The van der Waals surface area contributed by atoms with Gasteiger partial charge in [-0.05, 0) is 104 Å². The van der Waals surface area contributed by atoms with Crippen molar-refractivity contribution in [1.29, 1.82) is 0 Å². The molecule has 0 fully saturated rings. The molecule has 0 aromatic heterocycles. The largest absolute Gasteiger partial charge is 0.493 e. The van der Waals surface area contributed by atoms with Crippen LogP contribution in [-0.4, -0.2) is 26.0 Å². The minimum absolute atomic E-state index is 0.0964. The maximum Gasteiger partial charge on any atom is 0.261 e. The standard InChI is InChI=1S/C26H29N3O4S2/c1-17(2)16-33-23-9-5-20(6-10-23)25(30)28-26(34)27-21-7-11-24(12-8-21)35(31,32)29-22-14-18(3)13-19(4)15-22/h5-15,17,29H,16H2,1-4H3,(H2,27,28,30,34). The number of hydrogen-bond donors (Lipinski definition) is 3. The average Bonchev–Trinajstić information content (AvgIpc) is 2.77. The van der Waals surface area contributed by atoms with Crippen molar-refractivity contribution in [3.05, 3.63) is 83.4 Å². The Balaban J connectivity index is 1.57. The van der Waals surface area contributed by atoms with Crippen LogP contribution in [0.3, 0.4) is 0 Å². The number of aryl methyl sites for hydroxylation is 2. The molecule has 0 saturated heterocycles. The molecule has 3 aromatic carbocycles. The average molecular weight is 512 g/mol. The van der Waals surface area contributed by atoms with Crippen molar-refractivity contribution in [2.45, 2.75) is 32.6 Å². The predicted octanol–water partition coefficient (Wildman–Crippen LogP) is 5.27. The van der Waals surface area contributed by atoms with Gasteiger partial charge in [0, 0.05) is 16.9 Å². The minimum Gasteiger partial charge on any atom is -0.493 e. The Bertz CT molecular complexity index is 1280. The molecular weight excluding hydrogens is 482 g/mol. The van der Waals surface area contributed by atoms with Crippen molar-refractivity contribution < 1.29 is 17.9 Å². The second-order valence-electron chi connectivity index (χ2n) is 8.64. The van der Waals surface area contributed by atoms with Crippen molar-refractivity contribution in [2.24, 2.45) is 5.92 Å². The molecule has 0 spiro atoms. The van der Waals surface area contributed by atoms with Crippen molar-refractivity contribution in [2.75, 3.05) is 16.6 Å². The highest BCUT2D eigenvalue weighted by atomic mass is 32.2. The van der Waals surface area contributed by atoms with Gasteiger partial charge in [-0.2, -0.15) is 0 Å². The fourth-order valence-electron chi connectivity index (χ4n) is 3.27. The van der Waals surface area contributed by atoms with E-state index in [1.807, 2.05) is 19.9 Å². The number of rotatable bonds is 8. The normalized spacial score (nSPS) is 11.1. The molecule has 0 aliphatic heterocycles. The summed E-state index contributed by atoms with van der Waals surface area (Å²) in [5, 5.41) is 5.60. The van der Waals surface area contributed by atoms with Crippen LogP contribution in [-0.2, 0) is 10.0 Å². The van der Waals surface area contributed by atoms with Gasteiger partial charge in [0.25, 0.3) is 15.9 Å². The van der Waals surface area contributed by atoms with Crippen LogP contribution in [0.25, 0.3) is 0 Å². The van der Waals surface area contributed by atoms with Crippen LogP contribution >= 0.6 is 12.2 Å². The van der Waals surface area contributed by atoms with E-state index in [0.29, 0.717) is 35.2 Å². The first-order chi connectivity index (χ1) is 16.5. The molecule has 184 valence electrons. The summed E-state index contributed by atoms with van der Waals surface area (Å²) in [7, 11) is -3.75. The Morgan fingerprint density at radius 2 is 1.51 bits per heavy atom. The number of amides is 1. The van der Waals surface area contributed by atoms with E-state index < -0.39 is 10.0 Å². The summed E-state index contributed by atoms with van der Waals surface area (Å²) in [6.45, 7) is 8.53. The van der Waals surface area contributed by atoms with E-state index in [2.05, 4.69) is 29.2 Å². The molecule has 1 amide bonds. The molecule has 35 heavy (non-hydrogen) atoms. The number of carbonyl (C=O) groups is 1. The molecule has 3 rings (SSSR count). The maximum absolute atomic E-state index is 12.7. The predicted molar refractivity (Wildman–Crippen MR) is 144 cm³/mol. The first-order valence-corrected chi connectivity index (χ1v) is 13.0. The van der Waals surface area contributed by atoms with Gasteiger partial charge in [-0.1, -0.05) is 19.9 Å². The van der Waals surface area contributed by atoms with E-state index in [9.17, 15) is 13.2 Å². The van der Waals surface area contributed by atoms with Gasteiger partial charge >= 0.3 is 0 Å². The molecule has 0 atom stereocenters.